The van der Waals surface area contributed by atoms with Crippen LogP contribution in [0.5, 0.6) is 0 Å². The Morgan fingerprint density at radius 1 is 1.26 bits per heavy atom. The van der Waals surface area contributed by atoms with Crippen LogP contribution in [-0.2, 0) is 6.42 Å². The van der Waals surface area contributed by atoms with Crippen molar-refractivity contribution < 1.29 is 0 Å². The van der Waals surface area contributed by atoms with Gasteiger partial charge in [0.2, 0.25) is 5.13 Å². The number of likely N-dealkylation sites (tertiary alicyclic amines) is 1. The molecule has 2 fully saturated rings. The van der Waals surface area contributed by atoms with E-state index in [-0.39, 0.29) is 0 Å². The lowest BCUT2D eigenvalue weighted by Gasteiger charge is -2.39. The second kappa shape index (κ2) is 9.68. The number of hydrogen-bond donors (Lipinski definition) is 1. The normalized spacial score (nSPS) is 23.6. The van der Waals surface area contributed by atoms with Gasteiger partial charge >= 0.3 is 0 Å². The number of nitrogens with zero attached hydrogens (tertiary/aromatic N) is 6. The van der Waals surface area contributed by atoms with Crippen molar-refractivity contribution in [1.29, 1.82) is 0 Å². The predicted molar refractivity (Wildman–Crippen MR) is 114 cm³/mol. The number of hydrogen-bond acceptors (Lipinski definition) is 6. The van der Waals surface area contributed by atoms with Gasteiger partial charge in [-0.05, 0) is 33.2 Å². The predicted octanol–water partition coefficient (Wildman–Crippen LogP) is 2.06. The molecule has 1 aromatic rings. The smallest absolute Gasteiger partial charge is 0.205 e. The molecule has 0 bridgehead atoms. The van der Waals surface area contributed by atoms with Gasteiger partial charge in [-0.3, -0.25) is 9.89 Å². The average Bonchev–Trinajstić information content (AvgIpc) is 3.18. The molecule has 2 unspecified atom stereocenters. The largest absolute Gasteiger partial charge is 0.355 e. The molecule has 152 valence electrons. The van der Waals surface area contributed by atoms with E-state index < -0.39 is 0 Å². The van der Waals surface area contributed by atoms with E-state index in [1.54, 1.807) is 0 Å². The van der Waals surface area contributed by atoms with Crippen LogP contribution >= 0.6 is 11.5 Å². The van der Waals surface area contributed by atoms with E-state index in [1.165, 1.54) is 37.3 Å². The van der Waals surface area contributed by atoms with Gasteiger partial charge in [-0.2, -0.15) is 4.37 Å². The number of aliphatic imine (C=N–C) groups is 1. The molecule has 0 aromatic carbocycles. The van der Waals surface area contributed by atoms with Crippen LogP contribution in [0.4, 0.5) is 5.13 Å². The maximum absolute atomic E-state index is 4.62. The van der Waals surface area contributed by atoms with Crippen molar-refractivity contribution in [3.63, 3.8) is 0 Å². The van der Waals surface area contributed by atoms with Gasteiger partial charge in [0.15, 0.2) is 5.96 Å². The van der Waals surface area contributed by atoms with Gasteiger partial charge in [0.25, 0.3) is 0 Å². The van der Waals surface area contributed by atoms with Crippen LogP contribution in [0.1, 0.15) is 45.9 Å². The summed E-state index contributed by atoms with van der Waals surface area (Å²) in [4.78, 5) is 16.5. The summed E-state index contributed by atoms with van der Waals surface area (Å²) in [6.07, 6.45) is 4.93. The first-order chi connectivity index (χ1) is 13.1. The summed E-state index contributed by atoms with van der Waals surface area (Å²) in [5, 5.41) is 4.67. The molecule has 0 spiro atoms. The minimum Gasteiger partial charge on any atom is -0.355 e. The summed E-state index contributed by atoms with van der Waals surface area (Å²) in [5.41, 5.74) is 0. The van der Waals surface area contributed by atoms with Gasteiger partial charge in [-0.1, -0.05) is 13.3 Å². The number of piperazine rings is 1. The van der Waals surface area contributed by atoms with Crippen LogP contribution in [0.25, 0.3) is 0 Å². The number of piperidine rings is 1. The highest BCUT2D eigenvalue weighted by Gasteiger charge is 2.25. The van der Waals surface area contributed by atoms with Crippen molar-refractivity contribution in [2.75, 3.05) is 51.2 Å². The summed E-state index contributed by atoms with van der Waals surface area (Å²) < 4.78 is 4.41. The Morgan fingerprint density at radius 2 is 2.04 bits per heavy atom. The number of aryl methyl sites for hydroxylation is 1. The first-order valence-electron chi connectivity index (χ1n) is 10.4. The van der Waals surface area contributed by atoms with Crippen LogP contribution in [0.3, 0.4) is 0 Å². The van der Waals surface area contributed by atoms with Gasteiger partial charge in [0, 0.05) is 69.8 Å². The minimum atomic E-state index is 0.534. The average molecular weight is 394 g/mol. The van der Waals surface area contributed by atoms with Crippen LogP contribution in [-0.4, -0.2) is 83.5 Å². The zero-order valence-corrected chi connectivity index (χ0v) is 18.1. The molecule has 2 saturated heterocycles. The molecule has 0 aliphatic carbocycles. The van der Waals surface area contributed by atoms with Crippen molar-refractivity contribution >= 4 is 22.6 Å². The summed E-state index contributed by atoms with van der Waals surface area (Å²) in [7, 11) is 1.89. The third-order valence-electron chi connectivity index (χ3n) is 5.81. The minimum absolute atomic E-state index is 0.534. The van der Waals surface area contributed by atoms with E-state index in [4.69, 9.17) is 0 Å². The van der Waals surface area contributed by atoms with Gasteiger partial charge in [0.05, 0.1) is 0 Å². The number of anilines is 1. The first kappa shape index (κ1) is 20.3. The maximum Gasteiger partial charge on any atom is 0.205 e. The summed E-state index contributed by atoms with van der Waals surface area (Å²) in [5.74, 6) is 1.98. The van der Waals surface area contributed by atoms with Crippen molar-refractivity contribution in [3.8, 4) is 0 Å². The number of aromatic nitrogens is 2. The van der Waals surface area contributed by atoms with Crippen LogP contribution < -0.4 is 10.2 Å². The quantitative estimate of drug-likeness (QED) is 0.610. The topological polar surface area (TPSA) is 59.9 Å². The molecule has 3 heterocycles. The van der Waals surface area contributed by atoms with E-state index in [0.29, 0.717) is 12.1 Å². The molecule has 3 rings (SSSR count). The molecule has 1 N–H and O–H groups in total. The third kappa shape index (κ3) is 5.10. The molecular formula is C19H35N7S. The van der Waals surface area contributed by atoms with Crippen LogP contribution in [0.15, 0.2) is 4.99 Å². The number of rotatable bonds is 5. The van der Waals surface area contributed by atoms with Gasteiger partial charge < -0.3 is 15.1 Å². The Hall–Kier alpha value is -1.41. The molecule has 0 amide bonds. The number of guanidine groups is 1. The molecule has 2 atom stereocenters. The van der Waals surface area contributed by atoms with Crippen LogP contribution in [0.2, 0.25) is 0 Å². The molecule has 8 heteroatoms. The fraction of sp³-hybridized carbons (Fsp3) is 0.842. The highest BCUT2D eigenvalue weighted by atomic mass is 32.1. The Balaban J connectivity index is 1.47. The van der Waals surface area contributed by atoms with E-state index in [0.717, 1.165) is 56.1 Å². The van der Waals surface area contributed by atoms with Gasteiger partial charge in [-0.25, -0.2) is 4.98 Å². The molecule has 0 saturated carbocycles. The van der Waals surface area contributed by atoms with Gasteiger partial charge in [-0.15, -0.1) is 0 Å². The molecule has 7 nitrogen and oxygen atoms in total. The summed E-state index contributed by atoms with van der Waals surface area (Å²) in [6.45, 7) is 12.9. The standard InChI is InChI=1S/C19H35N7S/c1-5-17-22-19(27-23-17)25-12-10-24(11-13-25)18(20-4)21-14-16(3)26-9-7-6-8-15(26)2/h15-16H,5-14H2,1-4H3,(H,20,21). The highest BCUT2D eigenvalue weighted by Crippen LogP contribution is 2.20. The van der Waals surface area contributed by atoms with E-state index in [2.05, 4.69) is 55.1 Å². The Kier molecular flexibility index (Phi) is 7.29. The zero-order valence-electron chi connectivity index (χ0n) is 17.3. The molecule has 2 aliphatic heterocycles. The van der Waals surface area contributed by atoms with E-state index in [1.807, 2.05) is 7.05 Å². The molecule has 27 heavy (non-hydrogen) atoms. The summed E-state index contributed by atoms with van der Waals surface area (Å²) >= 11 is 1.52. The Labute approximate surface area is 168 Å². The molecule has 1 aromatic heterocycles. The van der Waals surface area contributed by atoms with Crippen molar-refractivity contribution in [2.24, 2.45) is 4.99 Å². The molecule has 2 aliphatic rings. The fourth-order valence-corrected chi connectivity index (χ4v) is 4.89. The number of nitrogens with one attached hydrogen (secondary N) is 1. The van der Waals surface area contributed by atoms with Crippen molar-refractivity contribution in [3.05, 3.63) is 5.82 Å². The zero-order chi connectivity index (χ0) is 19.2. The maximum atomic E-state index is 4.62. The fourth-order valence-electron chi connectivity index (χ4n) is 4.09. The Bertz CT molecular complexity index is 609. The third-order valence-corrected chi connectivity index (χ3v) is 6.63. The van der Waals surface area contributed by atoms with Gasteiger partial charge in [0.1, 0.15) is 5.82 Å². The first-order valence-corrected chi connectivity index (χ1v) is 11.2. The highest BCUT2D eigenvalue weighted by molar-refractivity contribution is 7.09. The molecule has 0 radical (unpaired) electrons. The second-order valence-corrected chi connectivity index (χ2v) is 8.41. The van der Waals surface area contributed by atoms with Crippen molar-refractivity contribution in [1.82, 2.24) is 24.5 Å². The SMILES string of the molecule is CCc1nsc(N2CCN(C(=NC)NCC(C)N3CCCCC3C)CC2)n1. The van der Waals surface area contributed by atoms with Crippen LogP contribution in [0, 0.1) is 0 Å². The lowest BCUT2D eigenvalue weighted by Crippen LogP contribution is -2.55. The van der Waals surface area contributed by atoms with E-state index in [9.17, 15) is 0 Å². The Morgan fingerprint density at radius 3 is 2.67 bits per heavy atom. The monoisotopic (exact) mass is 393 g/mol. The summed E-state index contributed by atoms with van der Waals surface area (Å²) in [6, 6.07) is 1.23. The van der Waals surface area contributed by atoms with Crippen molar-refractivity contribution in [2.45, 2.75) is 58.5 Å². The molecular weight excluding hydrogens is 358 g/mol. The lowest BCUT2D eigenvalue weighted by atomic mass is 10.0. The lowest BCUT2D eigenvalue weighted by molar-refractivity contribution is 0.115. The second-order valence-electron chi connectivity index (χ2n) is 7.68. The van der Waals surface area contributed by atoms with E-state index >= 15 is 0 Å².